The summed E-state index contributed by atoms with van der Waals surface area (Å²) in [5.74, 6) is 0.640. The van der Waals surface area contributed by atoms with Gasteiger partial charge < -0.3 is 20.1 Å². The van der Waals surface area contributed by atoms with Crippen molar-refractivity contribution in [1.82, 2.24) is 4.90 Å². The molecule has 22 heavy (non-hydrogen) atoms. The zero-order valence-electron chi connectivity index (χ0n) is 13.0. The molecular formula is C16H22N2O4. The fourth-order valence-electron chi connectivity index (χ4n) is 2.60. The van der Waals surface area contributed by atoms with Crippen molar-refractivity contribution in [2.75, 3.05) is 26.8 Å². The number of likely N-dealkylation sites (tertiary alicyclic amines) is 1. The first-order chi connectivity index (χ1) is 10.5. The van der Waals surface area contributed by atoms with Gasteiger partial charge in [-0.05, 0) is 30.9 Å². The summed E-state index contributed by atoms with van der Waals surface area (Å²) in [7, 11) is 1.52. The number of rotatable bonds is 5. The van der Waals surface area contributed by atoms with Crippen molar-refractivity contribution >= 4 is 11.8 Å². The maximum absolute atomic E-state index is 12.2. The molecule has 1 saturated heterocycles. The van der Waals surface area contributed by atoms with Crippen LogP contribution in [0.1, 0.15) is 30.1 Å². The van der Waals surface area contributed by atoms with E-state index in [9.17, 15) is 9.59 Å². The number of methoxy groups -OCH3 is 1. The molecule has 0 saturated carbocycles. The van der Waals surface area contributed by atoms with E-state index in [1.807, 2.05) is 0 Å². The van der Waals surface area contributed by atoms with E-state index in [4.69, 9.17) is 15.2 Å². The average Bonchev–Trinajstić information content (AvgIpc) is 2.52. The minimum atomic E-state index is -0.600. The van der Waals surface area contributed by atoms with Crippen molar-refractivity contribution in [2.24, 2.45) is 11.7 Å². The Kier molecular flexibility index (Phi) is 5.25. The quantitative estimate of drug-likeness (QED) is 0.892. The molecule has 0 aliphatic carbocycles. The van der Waals surface area contributed by atoms with E-state index in [1.165, 1.54) is 13.2 Å². The number of ether oxygens (including phenoxy) is 2. The van der Waals surface area contributed by atoms with Crippen LogP contribution in [0.4, 0.5) is 0 Å². The number of carbonyl (C=O) groups excluding carboxylic acids is 2. The Morgan fingerprint density at radius 1 is 1.41 bits per heavy atom. The second-order valence-electron chi connectivity index (χ2n) is 5.60. The van der Waals surface area contributed by atoms with Gasteiger partial charge in [0.2, 0.25) is 0 Å². The van der Waals surface area contributed by atoms with E-state index in [-0.39, 0.29) is 23.8 Å². The number of piperidine rings is 1. The Bertz CT molecular complexity index is 559. The molecule has 1 heterocycles. The summed E-state index contributed by atoms with van der Waals surface area (Å²) in [5.41, 5.74) is 5.56. The van der Waals surface area contributed by atoms with Crippen LogP contribution >= 0.6 is 0 Å². The van der Waals surface area contributed by atoms with Gasteiger partial charge >= 0.3 is 0 Å². The van der Waals surface area contributed by atoms with Gasteiger partial charge in [-0.2, -0.15) is 0 Å². The molecular weight excluding hydrogens is 284 g/mol. The van der Waals surface area contributed by atoms with E-state index in [2.05, 4.69) is 6.92 Å². The van der Waals surface area contributed by atoms with Gasteiger partial charge in [0.05, 0.1) is 12.7 Å². The summed E-state index contributed by atoms with van der Waals surface area (Å²) in [4.78, 5) is 25.4. The summed E-state index contributed by atoms with van der Waals surface area (Å²) in [6, 6.07) is 4.72. The lowest BCUT2D eigenvalue weighted by molar-refractivity contribution is -0.135. The first kappa shape index (κ1) is 16.1. The van der Waals surface area contributed by atoms with E-state index in [0.717, 1.165) is 25.9 Å². The van der Waals surface area contributed by atoms with Gasteiger partial charge in [0.15, 0.2) is 6.61 Å². The Hall–Kier alpha value is -2.24. The van der Waals surface area contributed by atoms with Gasteiger partial charge in [-0.25, -0.2) is 0 Å². The molecule has 2 N–H and O–H groups in total. The molecule has 1 fully saturated rings. The van der Waals surface area contributed by atoms with Gasteiger partial charge in [0, 0.05) is 19.2 Å². The van der Waals surface area contributed by atoms with Gasteiger partial charge in [0.25, 0.3) is 11.8 Å². The highest BCUT2D eigenvalue weighted by molar-refractivity contribution is 5.96. The number of hydrogen-bond donors (Lipinski definition) is 1. The van der Waals surface area contributed by atoms with Crippen LogP contribution in [0, 0.1) is 5.92 Å². The van der Waals surface area contributed by atoms with Gasteiger partial charge in [-0.15, -0.1) is 0 Å². The molecule has 1 atom stereocenters. The molecule has 1 unspecified atom stereocenters. The highest BCUT2D eigenvalue weighted by atomic mass is 16.5. The molecule has 1 aromatic carbocycles. The maximum Gasteiger partial charge on any atom is 0.260 e. The molecule has 0 aromatic heterocycles. The van der Waals surface area contributed by atoms with E-state index < -0.39 is 5.91 Å². The fourth-order valence-corrected chi connectivity index (χ4v) is 2.60. The largest absolute Gasteiger partial charge is 0.497 e. The maximum atomic E-state index is 12.2. The Labute approximate surface area is 130 Å². The number of hydrogen-bond acceptors (Lipinski definition) is 4. The third kappa shape index (κ3) is 3.90. The lowest BCUT2D eigenvalue weighted by atomic mass is 10.0. The summed E-state index contributed by atoms with van der Waals surface area (Å²) >= 11 is 0. The lowest BCUT2D eigenvalue weighted by Gasteiger charge is -2.30. The van der Waals surface area contributed by atoms with Crippen molar-refractivity contribution < 1.29 is 19.1 Å². The van der Waals surface area contributed by atoms with Crippen molar-refractivity contribution in [1.29, 1.82) is 0 Å². The second kappa shape index (κ2) is 7.15. The van der Waals surface area contributed by atoms with Crippen molar-refractivity contribution in [3.05, 3.63) is 23.8 Å². The summed E-state index contributed by atoms with van der Waals surface area (Å²) < 4.78 is 10.6. The van der Waals surface area contributed by atoms with Crippen molar-refractivity contribution in [3.8, 4) is 11.5 Å². The predicted molar refractivity (Wildman–Crippen MR) is 82.0 cm³/mol. The Balaban J connectivity index is 2.03. The minimum absolute atomic E-state index is 0.0789. The molecule has 1 aliphatic heterocycles. The fraction of sp³-hybridized carbons (Fsp3) is 0.500. The number of amides is 2. The normalized spacial score (nSPS) is 17.9. The molecule has 0 bridgehead atoms. The predicted octanol–water partition coefficient (Wildman–Crippen LogP) is 1.43. The molecule has 2 amide bonds. The zero-order valence-corrected chi connectivity index (χ0v) is 13.0. The van der Waals surface area contributed by atoms with Crippen LogP contribution in [-0.2, 0) is 4.79 Å². The van der Waals surface area contributed by atoms with Crippen LogP contribution in [0.25, 0.3) is 0 Å². The van der Waals surface area contributed by atoms with Gasteiger partial charge in [-0.3, -0.25) is 9.59 Å². The van der Waals surface area contributed by atoms with Crippen LogP contribution in [-0.4, -0.2) is 43.5 Å². The molecule has 1 aromatic rings. The van der Waals surface area contributed by atoms with Crippen LogP contribution in [0.3, 0.4) is 0 Å². The van der Waals surface area contributed by atoms with E-state index in [0.29, 0.717) is 11.7 Å². The first-order valence-electron chi connectivity index (χ1n) is 7.39. The van der Waals surface area contributed by atoms with Crippen LogP contribution in [0.2, 0.25) is 0 Å². The lowest BCUT2D eigenvalue weighted by Crippen LogP contribution is -2.41. The molecule has 6 heteroatoms. The molecule has 2 rings (SSSR count). The van der Waals surface area contributed by atoms with E-state index >= 15 is 0 Å². The topological polar surface area (TPSA) is 81.9 Å². The molecule has 120 valence electrons. The number of carbonyl (C=O) groups is 2. The first-order valence-corrected chi connectivity index (χ1v) is 7.39. The van der Waals surface area contributed by atoms with E-state index in [1.54, 1.807) is 17.0 Å². The summed E-state index contributed by atoms with van der Waals surface area (Å²) in [6.07, 6.45) is 2.16. The Morgan fingerprint density at radius 3 is 2.82 bits per heavy atom. The molecule has 0 spiro atoms. The van der Waals surface area contributed by atoms with Gasteiger partial charge in [0.1, 0.15) is 11.5 Å². The smallest absolute Gasteiger partial charge is 0.260 e. The van der Waals surface area contributed by atoms with Crippen LogP contribution < -0.4 is 15.2 Å². The molecule has 6 nitrogen and oxygen atoms in total. The molecule has 0 radical (unpaired) electrons. The standard InChI is InChI=1S/C16H22N2O4/c1-11-4-3-7-18(9-11)15(19)10-22-14-8-12(21-2)5-6-13(14)16(17)20/h5-6,8,11H,3-4,7,9-10H2,1-2H3,(H2,17,20). The SMILES string of the molecule is COc1ccc(C(N)=O)c(OCC(=O)N2CCCC(C)C2)c1. The van der Waals surface area contributed by atoms with Gasteiger partial charge in [-0.1, -0.05) is 6.92 Å². The van der Waals surface area contributed by atoms with Crippen molar-refractivity contribution in [3.63, 3.8) is 0 Å². The number of nitrogens with two attached hydrogens (primary N) is 1. The number of benzene rings is 1. The monoisotopic (exact) mass is 306 g/mol. The number of nitrogens with zero attached hydrogens (tertiary/aromatic N) is 1. The summed E-state index contributed by atoms with van der Waals surface area (Å²) in [6.45, 7) is 3.53. The molecule has 1 aliphatic rings. The zero-order chi connectivity index (χ0) is 16.1. The average molecular weight is 306 g/mol. The van der Waals surface area contributed by atoms with Crippen molar-refractivity contribution in [2.45, 2.75) is 19.8 Å². The highest BCUT2D eigenvalue weighted by Crippen LogP contribution is 2.25. The number of primary amides is 1. The summed E-state index contributed by atoms with van der Waals surface area (Å²) in [5, 5.41) is 0. The minimum Gasteiger partial charge on any atom is -0.497 e. The second-order valence-corrected chi connectivity index (χ2v) is 5.60. The third-order valence-corrected chi connectivity index (χ3v) is 3.82. The highest BCUT2D eigenvalue weighted by Gasteiger charge is 2.22. The third-order valence-electron chi connectivity index (χ3n) is 3.82. The van der Waals surface area contributed by atoms with Crippen LogP contribution in [0.5, 0.6) is 11.5 Å². The Morgan fingerprint density at radius 2 is 2.18 bits per heavy atom. The van der Waals surface area contributed by atoms with Crippen LogP contribution in [0.15, 0.2) is 18.2 Å².